The second kappa shape index (κ2) is 10.4. The van der Waals surface area contributed by atoms with E-state index in [9.17, 15) is 0 Å². The summed E-state index contributed by atoms with van der Waals surface area (Å²) in [7, 11) is -1.48. The van der Waals surface area contributed by atoms with Crippen molar-refractivity contribution in [3.05, 3.63) is 6.92 Å². The first kappa shape index (κ1) is 22.6. The van der Waals surface area contributed by atoms with Crippen LogP contribution in [0.2, 0.25) is 18.1 Å². The molecule has 0 heterocycles. The molecule has 0 spiro atoms. The van der Waals surface area contributed by atoms with Gasteiger partial charge in [0.15, 0.2) is 8.32 Å². The Balaban J connectivity index is -0.000000845. The van der Waals surface area contributed by atoms with Crippen LogP contribution >= 0.6 is 0 Å². The Morgan fingerprint density at radius 2 is 1.56 bits per heavy atom. The number of unbranched alkanes of at least 4 members (excludes halogenated alkanes) is 3. The van der Waals surface area contributed by atoms with E-state index in [1.54, 1.807) is 0 Å². The zero-order valence-corrected chi connectivity index (χ0v) is 15.7. The minimum absolute atomic E-state index is 0. The van der Waals surface area contributed by atoms with Crippen LogP contribution in [-0.4, -0.2) is 38.0 Å². The SMILES string of the molecule is [Br-].[CH2-]CCCCCO[Si](C)(C)C(C)(C)C.[Mg+2]. The minimum atomic E-state index is -1.48. The van der Waals surface area contributed by atoms with Crippen LogP contribution in [0.25, 0.3) is 0 Å². The van der Waals surface area contributed by atoms with Gasteiger partial charge in [0.1, 0.15) is 0 Å². The maximum absolute atomic E-state index is 6.06. The van der Waals surface area contributed by atoms with Gasteiger partial charge in [-0.2, -0.15) is 6.42 Å². The summed E-state index contributed by atoms with van der Waals surface area (Å²) in [6.45, 7) is 16.3. The molecule has 0 aliphatic carbocycles. The van der Waals surface area contributed by atoms with E-state index in [1.165, 1.54) is 19.3 Å². The van der Waals surface area contributed by atoms with Crippen LogP contribution in [0.4, 0.5) is 0 Å². The number of hydrogen-bond acceptors (Lipinski definition) is 1. The van der Waals surface area contributed by atoms with Gasteiger partial charge >= 0.3 is 23.1 Å². The van der Waals surface area contributed by atoms with Gasteiger partial charge in [0, 0.05) is 6.61 Å². The van der Waals surface area contributed by atoms with E-state index in [1.807, 2.05) is 0 Å². The van der Waals surface area contributed by atoms with Crippen molar-refractivity contribution in [1.82, 2.24) is 0 Å². The third-order valence-electron chi connectivity index (χ3n) is 3.16. The third kappa shape index (κ3) is 9.45. The normalized spacial score (nSPS) is 11.6. The molecule has 1 nitrogen and oxygen atoms in total. The quantitative estimate of drug-likeness (QED) is 0.404. The van der Waals surface area contributed by atoms with Gasteiger partial charge in [-0.1, -0.05) is 33.6 Å². The van der Waals surface area contributed by atoms with Crippen molar-refractivity contribution in [3.8, 4) is 0 Å². The van der Waals surface area contributed by atoms with Crippen molar-refractivity contribution in [2.45, 2.75) is 64.6 Å². The van der Waals surface area contributed by atoms with Crippen molar-refractivity contribution < 1.29 is 21.4 Å². The summed E-state index contributed by atoms with van der Waals surface area (Å²) in [5.41, 5.74) is 0. The first-order chi connectivity index (χ1) is 6.31. The van der Waals surface area contributed by atoms with E-state index >= 15 is 0 Å². The zero-order chi connectivity index (χ0) is 11.2. The van der Waals surface area contributed by atoms with Gasteiger partial charge < -0.3 is 28.3 Å². The smallest absolute Gasteiger partial charge is 1.00 e. The molecule has 0 rings (SSSR count). The number of rotatable bonds is 6. The Morgan fingerprint density at radius 1 is 1.06 bits per heavy atom. The molecule has 16 heavy (non-hydrogen) atoms. The van der Waals surface area contributed by atoms with E-state index in [0.29, 0.717) is 5.04 Å². The van der Waals surface area contributed by atoms with Crippen molar-refractivity contribution in [2.24, 2.45) is 0 Å². The summed E-state index contributed by atoms with van der Waals surface area (Å²) in [5.74, 6) is 0. The Labute approximate surface area is 130 Å². The van der Waals surface area contributed by atoms with E-state index < -0.39 is 8.32 Å². The summed E-state index contributed by atoms with van der Waals surface area (Å²) in [6.07, 6.45) is 4.75. The fraction of sp³-hybridized carbons (Fsp3) is 0.917. The van der Waals surface area contributed by atoms with Gasteiger partial charge in [0.2, 0.25) is 0 Å². The van der Waals surface area contributed by atoms with Gasteiger partial charge in [-0.15, -0.1) is 0 Å². The Morgan fingerprint density at radius 3 is 1.94 bits per heavy atom. The predicted molar refractivity (Wildman–Crippen MR) is 72.7 cm³/mol. The molecule has 4 heteroatoms. The zero-order valence-electron chi connectivity index (χ0n) is 11.7. The largest absolute Gasteiger partial charge is 2.00 e. The molecule has 0 atom stereocenters. The van der Waals surface area contributed by atoms with Crippen molar-refractivity contribution in [1.29, 1.82) is 0 Å². The molecular weight excluding hydrogens is 292 g/mol. The Hall–Kier alpha value is 1.42. The monoisotopic (exact) mass is 318 g/mol. The molecule has 0 saturated heterocycles. The van der Waals surface area contributed by atoms with Crippen molar-refractivity contribution in [2.75, 3.05) is 6.61 Å². The fourth-order valence-electron chi connectivity index (χ4n) is 0.999. The molecule has 0 aromatic carbocycles. The summed E-state index contributed by atoms with van der Waals surface area (Å²) >= 11 is 0. The molecule has 0 aromatic rings. The topological polar surface area (TPSA) is 9.23 Å². The molecule has 0 unspecified atom stereocenters. The van der Waals surface area contributed by atoms with Crippen LogP contribution < -0.4 is 17.0 Å². The van der Waals surface area contributed by atoms with Crippen LogP contribution in [0.1, 0.15) is 46.5 Å². The van der Waals surface area contributed by atoms with E-state index in [2.05, 4.69) is 40.8 Å². The second-order valence-electron chi connectivity index (χ2n) is 5.52. The molecule has 0 aliphatic heterocycles. The van der Waals surface area contributed by atoms with Gasteiger partial charge in [0.05, 0.1) is 0 Å². The van der Waals surface area contributed by atoms with E-state index in [-0.39, 0.29) is 40.0 Å². The first-order valence-corrected chi connectivity index (χ1v) is 8.65. The molecule has 0 N–H and O–H groups in total. The van der Waals surface area contributed by atoms with Gasteiger partial charge in [0.25, 0.3) is 0 Å². The van der Waals surface area contributed by atoms with Gasteiger partial charge in [-0.25, -0.2) is 0 Å². The van der Waals surface area contributed by atoms with Gasteiger partial charge in [-0.3, -0.25) is 0 Å². The maximum Gasteiger partial charge on any atom is 2.00 e. The summed E-state index contributed by atoms with van der Waals surface area (Å²) < 4.78 is 6.06. The van der Waals surface area contributed by atoms with Crippen LogP contribution in [0, 0.1) is 6.92 Å². The fourth-order valence-corrected chi connectivity index (χ4v) is 2.09. The summed E-state index contributed by atoms with van der Waals surface area (Å²) in [5, 5.41) is 0.347. The Kier molecular flexibility index (Phi) is 14.6. The standard InChI is InChI=1S/C12H27OSi.BrH.Mg/c1-7-8-9-10-11-13-14(5,6)12(2,3)4;;/h1,7-11H2,2-6H3;1H;/q-1;;+2/p-1. The van der Waals surface area contributed by atoms with Crippen LogP contribution in [0.5, 0.6) is 0 Å². The maximum atomic E-state index is 6.06. The first-order valence-electron chi connectivity index (χ1n) is 5.74. The molecule has 0 amide bonds. The Bertz CT molecular complexity index is 158. The number of halogens is 1. The van der Waals surface area contributed by atoms with Crippen LogP contribution in [0.3, 0.4) is 0 Å². The molecule has 0 radical (unpaired) electrons. The van der Waals surface area contributed by atoms with Crippen molar-refractivity contribution in [3.63, 3.8) is 0 Å². The summed E-state index contributed by atoms with van der Waals surface area (Å²) in [6, 6.07) is 0. The third-order valence-corrected chi connectivity index (χ3v) is 7.70. The van der Waals surface area contributed by atoms with Crippen molar-refractivity contribution >= 4 is 31.4 Å². The molecule has 0 aliphatic rings. The molecule has 0 aromatic heterocycles. The molecule has 0 fully saturated rings. The molecule has 0 bridgehead atoms. The minimum Gasteiger partial charge on any atom is -1.00 e. The summed E-state index contributed by atoms with van der Waals surface area (Å²) in [4.78, 5) is 0. The second-order valence-corrected chi connectivity index (χ2v) is 10.3. The molecular formula is C12H27BrMgOSi. The van der Waals surface area contributed by atoms with E-state index in [4.69, 9.17) is 4.43 Å². The average Bonchev–Trinajstić information content (AvgIpc) is 2.02. The van der Waals surface area contributed by atoms with Crippen LogP contribution in [0.15, 0.2) is 0 Å². The predicted octanol–water partition coefficient (Wildman–Crippen LogP) is 1.03. The average molecular weight is 320 g/mol. The molecule has 0 saturated carbocycles. The van der Waals surface area contributed by atoms with E-state index in [0.717, 1.165) is 13.0 Å². The number of hydrogen-bond donors (Lipinski definition) is 0. The van der Waals surface area contributed by atoms with Crippen LogP contribution in [-0.2, 0) is 4.43 Å². The molecule has 94 valence electrons. The van der Waals surface area contributed by atoms with Gasteiger partial charge in [-0.05, 0) is 24.6 Å².